The van der Waals surface area contributed by atoms with Crippen LogP contribution in [-0.2, 0) is 62.0 Å². The highest BCUT2D eigenvalue weighted by Crippen LogP contribution is 2.32. The summed E-state index contributed by atoms with van der Waals surface area (Å²) < 4.78 is 29.7. The minimum atomic E-state index is -0.404. The van der Waals surface area contributed by atoms with E-state index in [0.29, 0.717) is 19.4 Å². The first-order valence-electron chi connectivity index (χ1n) is 35.0. The number of hydrogen-bond donors (Lipinski definition) is 1. The molecular weight excluding hydrogens is 1120 g/mol. The van der Waals surface area contributed by atoms with Crippen LogP contribution in [0.15, 0.2) is 85.6 Å². The van der Waals surface area contributed by atoms with Crippen LogP contribution in [0, 0.1) is 35.5 Å². The predicted molar refractivity (Wildman–Crippen MR) is 359 cm³/mol. The van der Waals surface area contributed by atoms with E-state index in [-0.39, 0.29) is 104 Å². The summed E-state index contributed by atoms with van der Waals surface area (Å²) in [7, 11) is 3.25. The number of carbonyl (C=O) groups is 7. The largest absolute Gasteiger partial charge is 0.463 e. The molecule has 7 atom stereocenters. The molecule has 89 heavy (non-hydrogen) atoms. The molecule has 0 bridgehead atoms. The normalized spacial score (nSPS) is 18.1. The Kier molecular flexibility index (Phi) is 57.1. The topological polar surface area (TPSA) is 195 Å². The lowest BCUT2D eigenvalue weighted by Crippen LogP contribution is -2.22. The Labute approximate surface area is 540 Å². The third kappa shape index (κ3) is 45.8. The van der Waals surface area contributed by atoms with Gasteiger partial charge in [0.15, 0.2) is 0 Å². The van der Waals surface area contributed by atoms with E-state index in [4.69, 9.17) is 28.8 Å². The molecule has 1 N–H and O–H groups in total. The van der Waals surface area contributed by atoms with Crippen LogP contribution < -0.4 is 0 Å². The molecule has 3 rings (SSSR count). The van der Waals surface area contributed by atoms with Gasteiger partial charge in [-0.1, -0.05) is 229 Å². The van der Waals surface area contributed by atoms with Gasteiger partial charge in [-0.3, -0.25) is 33.6 Å². The zero-order valence-electron chi connectivity index (χ0n) is 56.8. The average Bonchev–Trinajstić information content (AvgIpc) is 3.30. The van der Waals surface area contributed by atoms with Crippen molar-refractivity contribution in [3.63, 3.8) is 0 Å². The molecule has 14 nitrogen and oxygen atoms in total. The Morgan fingerprint density at radius 2 is 0.944 bits per heavy atom. The molecule has 0 aromatic carbocycles. The van der Waals surface area contributed by atoms with Crippen molar-refractivity contribution in [2.24, 2.45) is 35.5 Å². The summed E-state index contributed by atoms with van der Waals surface area (Å²) in [5.41, 5.74) is 0. The van der Waals surface area contributed by atoms with Crippen LogP contribution in [0.1, 0.15) is 272 Å². The molecule has 0 aromatic rings. The number of cyclic esters (lactones) is 6. The highest BCUT2D eigenvalue weighted by Gasteiger charge is 2.39. The van der Waals surface area contributed by atoms with Crippen LogP contribution in [0.2, 0.25) is 0 Å². The van der Waals surface area contributed by atoms with E-state index in [0.717, 1.165) is 128 Å². The number of aliphatic hydroxyl groups is 1. The van der Waals surface area contributed by atoms with Gasteiger partial charge in [-0.15, -0.1) is 6.58 Å². The summed E-state index contributed by atoms with van der Waals surface area (Å²) in [6.07, 6.45) is 64.6. The van der Waals surface area contributed by atoms with Crippen LogP contribution in [0.25, 0.3) is 0 Å². The van der Waals surface area contributed by atoms with Gasteiger partial charge in [0, 0.05) is 40.3 Å². The second-order valence-electron chi connectivity index (χ2n) is 23.6. The number of aliphatic hydroxyl groups excluding tert-OH is 1. The summed E-state index contributed by atoms with van der Waals surface area (Å²) in [4.78, 5) is 81.4. The minimum Gasteiger partial charge on any atom is -0.463 e. The quantitative estimate of drug-likeness (QED) is 0.0151. The molecule has 0 radical (unpaired) electrons. The van der Waals surface area contributed by atoms with Crippen LogP contribution in [-0.4, -0.2) is 87.0 Å². The molecule has 3 aliphatic heterocycles. The SMILES string of the molecule is C=CCCCCCCC/C=C\C/C=C\C=C\C(CC)C1CC(=O)OC1=O.CC.CCCCCC(/C=C/C=C\CCCCCCCC(=O)OCC(CCOC)OC)C1CC(=O)OC1=O.CCCCCCCCC(/C=C/CCCCCCCO)C1CC(=O)OC1=O. The van der Waals surface area contributed by atoms with Crippen molar-refractivity contribution in [2.45, 2.75) is 278 Å². The van der Waals surface area contributed by atoms with Crippen molar-refractivity contribution in [1.82, 2.24) is 0 Å². The summed E-state index contributed by atoms with van der Waals surface area (Å²) in [6.45, 7) is 15.3. The number of allylic oxidation sites excluding steroid dienone is 13. The van der Waals surface area contributed by atoms with Gasteiger partial charge < -0.3 is 33.5 Å². The van der Waals surface area contributed by atoms with Crippen LogP contribution in [0.4, 0.5) is 0 Å². The van der Waals surface area contributed by atoms with Crippen molar-refractivity contribution < 1.29 is 67.1 Å². The summed E-state index contributed by atoms with van der Waals surface area (Å²) in [6, 6.07) is 0. The smallest absolute Gasteiger partial charge is 0.317 e. The molecule has 0 saturated carbocycles. The number of rotatable bonds is 51. The molecule has 0 aliphatic carbocycles. The third-order valence-electron chi connectivity index (χ3n) is 16.3. The van der Waals surface area contributed by atoms with E-state index in [2.05, 4.69) is 67.7 Å². The van der Waals surface area contributed by atoms with E-state index in [9.17, 15) is 33.6 Å². The minimum absolute atomic E-state index is 0.0579. The van der Waals surface area contributed by atoms with Gasteiger partial charge in [0.1, 0.15) is 6.61 Å². The summed E-state index contributed by atoms with van der Waals surface area (Å²) in [5.74, 6) is -3.09. The van der Waals surface area contributed by atoms with Crippen LogP contribution in [0.3, 0.4) is 0 Å². The highest BCUT2D eigenvalue weighted by molar-refractivity contribution is 5.96. The fourth-order valence-electron chi connectivity index (χ4n) is 10.8. The Hall–Kier alpha value is -5.05. The van der Waals surface area contributed by atoms with Gasteiger partial charge in [-0.25, -0.2) is 0 Å². The number of unbranched alkanes of at least 4 members (excludes halogenated alkanes) is 23. The van der Waals surface area contributed by atoms with Gasteiger partial charge in [0.25, 0.3) is 0 Å². The average molecular weight is 1250 g/mol. The zero-order chi connectivity index (χ0) is 65.8. The Bertz CT molecular complexity index is 2030. The molecule has 14 heteroatoms. The standard InChI is InChI=1S/C28H46O7.C23H34O3.C22H38O4.C2H6/c1-4-5-13-16-23(25-21-27(30)35-28(25)31)17-14-11-9-7-6-8-10-12-15-18-26(29)34-22-24(33-3)19-20-32-2;1-3-5-6-7-8-9-10-11-12-13-14-15-16-17-18-20(4-2)21-19-22(24)26-23(21)25;1-2-3-4-5-9-12-15-19(20-18-21(24)26-22(20)25)16-13-10-7-6-8-11-14-17-23;1-2/h9,11,14,17,23-25H,4-8,10,12-13,15-16,18-22H2,1-3H3;3,12-13,15-18,20-21H,1,4-11,14,19H2,2H3;13,16,19-20,23H,2-12,14-15,17-18H2,1H3;1-2H3/b11-9-,17-14+;13-12-,16-15-,18-17+;16-13+;. The van der Waals surface area contributed by atoms with Gasteiger partial charge in [0.2, 0.25) is 0 Å². The first-order chi connectivity index (χ1) is 43.4. The molecule has 3 aliphatic rings. The van der Waals surface area contributed by atoms with Crippen molar-refractivity contribution >= 4 is 41.8 Å². The molecule has 508 valence electrons. The van der Waals surface area contributed by atoms with Gasteiger partial charge >= 0.3 is 41.8 Å². The maximum atomic E-state index is 12.0. The highest BCUT2D eigenvalue weighted by atomic mass is 16.6. The Balaban J connectivity index is 0.00000131. The van der Waals surface area contributed by atoms with E-state index in [1.54, 1.807) is 14.2 Å². The van der Waals surface area contributed by atoms with Gasteiger partial charge in [0.05, 0.1) is 43.1 Å². The molecule has 3 saturated heterocycles. The predicted octanol–water partition coefficient (Wildman–Crippen LogP) is 18.1. The molecule has 7 unspecified atom stereocenters. The lowest BCUT2D eigenvalue weighted by molar-refractivity contribution is -0.155. The summed E-state index contributed by atoms with van der Waals surface area (Å²) in [5, 5.41) is 8.77. The number of methoxy groups -OCH3 is 2. The number of ether oxygens (including phenoxy) is 6. The maximum absolute atomic E-state index is 12.0. The maximum Gasteiger partial charge on any atom is 0.317 e. The first-order valence-corrected chi connectivity index (χ1v) is 35.0. The monoisotopic (exact) mass is 1250 g/mol. The second-order valence-corrected chi connectivity index (χ2v) is 23.6. The zero-order valence-corrected chi connectivity index (χ0v) is 56.8. The molecule has 0 aromatic heterocycles. The van der Waals surface area contributed by atoms with E-state index in [1.807, 2.05) is 57.2 Å². The Morgan fingerprint density at radius 1 is 0.506 bits per heavy atom. The van der Waals surface area contributed by atoms with Crippen molar-refractivity contribution in [2.75, 3.05) is 34.0 Å². The number of esters is 7. The van der Waals surface area contributed by atoms with Crippen molar-refractivity contribution in [3.05, 3.63) is 85.6 Å². The second kappa shape index (κ2) is 60.5. The fraction of sp³-hybridized carbons (Fsp3) is 0.720. The first kappa shape index (κ1) is 84.0. The van der Waals surface area contributed by atoms with E-state index in [1.165, 1.54) is 77.0 Å². The number of hydrogen-bond acceptors (Lipinski definition) is 14. The lowest BCUT2D eigenvalue weighted by atomic mass is 9.86. The van der Waals surface area contributed by atoms with E-state index < -0.39 is 11.9 Å². The molecule has 0 spiro atoms. The van der Waals surface area contributed by atoms with E-state index >= 15 is 0 Å². The van der Waals surface area contributed by atoms with Crippen molar-refractivity contribution in [3.8, 4) is 0 Å². The third-order valence-corrected chi connectivity index (χ3v) is 16.3. The molecule has 3 fully saturated rings. The van der Waals surface area contributed by atoms with Crippen LogP contribution in [0.5, 0.6) is 0 Å². The summed E-state index contributed by atoms with van der Waals surface area (Å²) >= 11 is 0. The molecule has 3 heterocycles. The Morgan fingerprint density at radius 3 is 1.45 bits per heavy atom. The fourth-order valence-corrected chi connectivity index (χ4v) is 10.8. The molecular formula is C75H124O14. The van der Waals surface area contributed by atoms with Gasteiger partial charge in [-0.05, 0) is 108 Å². The van der Waals surface area contributed by atoms with Gasteiger partial charge in [-0.2, -0.15) is 0 Å². The lowest BCUT2D eigenvalue weighted by Gasteiger charge is -2.16. The molecule has 0 amide bonds. The van der Waals surface area contributed by atoms with Crippen molar-refractivity contribution in [1.29, 1.82) is 0 Å². The number of carbonyl (C=O) groups excluding carboxylic acids is 7. The van der Waals surface area contributed by atoms with Crippen LogP contribution >= 0.6 is 0 Å².